The topological polar surface area (TPSA) is 47.3 Å². The van der Waals surface area contributed by atoms with Crippen LogP contribution in [0.4, 0.5) is 0 Å². The molecule has 3 N–H and O–H groups in total. The van der Waals surface area contributed by atoms with Crippen molar-refractivity contribution in [2.75, 3.05) is 18.6 Å². The van der Waals surface area contributed by atoms with E-state index in [1.807, 2.05) is 29.6 Å². The number of nitrogens with one attached hydrogen (secondary N) is 1. The quantitative estimate of drug-likeness (QED) is 0.610. The number of rotatable bonds is 5. The lowest BCUT2D eigenvalue weighted by Crippen LogP contribution is -2.48. The number of hydrogen-bond donors (Lipinski definition) is 2. The average Bonchev–Trinajstić information content (AvgIpc) is 2.46. The number of methoxy groups -OCH3 is 1. The Labute approximate surface area is 137 Å². The van der Waals surface area contributed by atoms with E-state index in [-0.39, 0.29) is 0 Å². The third kappa shape index (κ3) is 4.07. The van der Waals surface area contributed by atoms with E-state index < -0.39 is 0 Å². The predicted octanol–water partition coefficient (Wildman–Crippen LogP) is 3.07. The Morgan fingerprint density at radius 2 is 2.20 bits per heavy atom. The van der Waals surface area contributed by atoms with Gasteiger partial charge in [0.15, 0.2) is 0 Å². The first-order valence-corrected chi connectivity index (χ1v) is 9.56. The van der Waals surface area contributed by atoms with Gasteiger partial charge in [-0.2, -0.15) is 23.5 Å². The standard InChI is InChI=1S/C14H21BrN2OS2/c1-9-14(20-6-5-19-9)12(17-16)8-10-3-4-13(18-2)11(15)7-10/h3-4,7,9,12,14,17H,5-6,8,16H2,1-2H3. The fourth-order valence-electron chi connectivity index (χ4n) is 2.45. The summed E-state index contributed by atoms with van der Waals surface area (Å²) < 4.78 is 6.26. The molecule has 2 rings (SSSR count). The number of halogens is 1. The van der Waals surface area contributed by atoms with Crippen LogP contribution in [0, 0.1) is 0 Å². The normalized spacial score (nSPS) is 24.4. The first-order valence-electron chi connectivity index (χ1n) is 6.67. The van der Waals surface area contributed by atoms with E-state index >= 15 is 0 Å². The molecule has 1 heterocycles. The first kappa shape index (κ1) is 16.5. The van der Waals surface area contributed by atoms with Gasteiger partial charge in [-0.25, -0.2) is 0 Å². The molecule has 0 bridgehead atoms. The molecule has 1 aliphatic heterocycles. The van der Waals surface area contributed by atoms with Crippen molar-refractivity contribution in [2.45, 2.75) is 29.9 Å². The summed E-state index contributed by atoms with van der Waals surface area (Å²) >= 11 is 7.62. The van der Waals surface area contributed by atoms with Crippen LogP contribution in [0.5, 0.6) is 5.75 Å². The van der Waals surface area contributed by atoms with Crippen LogP contribution in [0.2, 0.25) is 0 Å². The van der Waals surface area contributed by atoms with Gasteiger partial charge in [0.2, 0.25) is 0 Å². The van der Waals surface area contributed by atoms with Gasteiger partial charge in [-0.05, 0) is 40.0 Å². The number of benzene rings is 1. The van der Waals surface area contributed by atoms with Crippen molar-refractivity contribution < 1.29 is 4.74 Å². The van der Waals surface area contributed by atoms with Crippen molar-refractivity contribution in [2.24, 2.45) is 5.84 Å². The maximum absolute atomic E-state index is 5.80. The Hall–Kier alpha value is 0.120. The van der Waals surface area contributed by atoms with Crippen LogP contribution in [-0.4, -0.2) is 35.2 Å². The van der Waals surface area contributed by atoms with E-state index in [0.29, 0.717) is 16.5 Å². The van der Waals surface area contributed by atoms with E-state index in [4.69, 9.17) is 10.6 Å². The molecule has 1 aromatic rings. The van der Waals surface area contributed by atoms with Crippen LogP contribution in [0.15, 0.2) is 22.7 Å². The molecule has 1 aliphatic rings. The lowest BCUT2D eigenvalue weighted by Gasteiger charge is -2.34. The number of nitrogens with two attached hydrogens (primary N) is 1. The highest BCUT2D eigenvalue weighted by atomic mass is 79.9. The minimum Gasteiger partial charge on any atom is -0.496 e. The Bertz CT molecular complexity index is 447. The molecule has 112 valence electrons. The molecular formula is C14H21BrN2OS2. The maximum Gasteiger partial charge on any atom is 0.133 e. The fraction of sp³-hybridized carbons (Fsp3) is 0.571. The minimum absolute atomic E-state index is 0.295. The number of hydrazine groups is 1. The molecule has 6 heteroatoms. The summed E-state index contributed by atoms with van der Waals surface area (Å²) in [6.45, 7) is 2.30. The van der Waals surface area contributed by atoms with E-state index in [1.54, 1.807) is 7.11 Å². The van der Waals surface area contributed by atoms with E-state index in [9.17, 15) is 0 Å². The average molecular weight is 377 g/mol. The van der Waals surface area contributed by atoms with Crippen molar-refractivity contribution in [1.82, 2.24) is 5.43 Å². The predicted molar refractivity (Wildman–Crippen MR) is 93.7 cm³/mol. The van der Waals surface area contributed by atoms with E-state index in [0.717, 1.165) is 16.6 Å². The van der Waals surface area contributed by atoms with Gasteiger partial charge >= 0.3 is 0 Å². The highest BCUT2D eigenvalue weighted by molar-refractivity contribution is 9.10. The van der Waals surface area contributed by atoms with E-state index in [1.165, 1.54) is 17.1 Å². The molecule has 3 nitrogen and oxygen atoms in total. The molecule has 0 amide bonds. The smallest absolute Gasteiger partial charge is 0.133 e. The third-order valence-electron chi connectivity index (χ3n) is 3.52. The summed E-state index contributed by atoms with van der Waals surface area (Å²) in [5.74, 6) is 9.12. The zero-order valence-corrected chi connectivity index (χ0v) is 15.0. The molecule has 0 aliphatic carbocycles. The highest BCUT2D eigenvalue weighted by Crippen LogP contribution is 2.34. The van der Waals surface area contributed by atoms with Crippen molar-refractivity contribution in [3.63, 3.8) is 0 Å². The third-order valence-corrected chi connectivity index (χ3v) is 7.39. The van der Waals surface area contributed by atoms with Gasteiger partial charge in [0.25, 0.3) is 0 Å². The molecule has 1 aromatic carbocycles. The maximum atomic E-state index is 5.80. The van der Waals surface area contributed by atoms with Crippen LogP contribution in [0.3, 0.4) is 0 Å². The van der Waals surface area contributed by atoms with Crippen molar-refractivity contribution in [3.05, 3.63) is 28.2 Å². The lowest BCUT2D eigenvalue weighted by atomic mass is 10.0. The summed E-state index contributed by atoms with van der Waals surface area (Å²) in [7, 11) is 1.68. The Morgan fingerprint density at radius 3 is 2.80 bits per heavy atom. The fourth-order valence-corrected chi connectivity index (χ4v) is 5.98. The Morgan fingerprint density at radius 1 is 1.45 bits per heavy atom. The highest BCUT2D eigenvalue weighted by Gasteiger charge is 2.29. The van der Waals surface area contributed by atoms with Crippen LogP contribution < -0.4 is 16.0 Å². The number of ether oxygens (including phenoxy) is 1. The minimum atomic E-state index is 0.295. The lowest BCUT2D eigenvalue weighted by molar-refractivity contribution is 0.411. The number of thioether (sulfide) groups is 2. The summed E-state index contributed by atoms with van der Waals surface area (Å²) in [5, 5.41) is 1.19. The van der Waals surface area contributed by atoms with E-state index in [2.05, 4.69) is 40.4 Å². The van der Waals surface area contributed by atoms with Crippen LogP contribution >= 0.6 is 39.5 Å². The zero-order chi connectivity index (χ0) is 14.5. The van der Waals surface area contributed by atoms with Crippen molar-refractivity contribution in [3.8, 4) is 5.75 Å². The molecule has 0 spiro atoms. The zero-order valence-electron chi connectivity index (χ0n) is 11.8. The molecule has 3 unspecified atom stereocenters. The second kappa shape index (κ2) is 7.94. The SMILES string of the molecule is COc1ccc(CC(NN)C2SCCSC2C)cc1Br. The van der Waals surface area contributed by atoms with Crippen LogP contribution in [0.25, 0.3) is 0 Å². The van der Waals surface area contributed by atoms with Gasteiger partial charge in [0, 0.05) is 28.0 Å². The van der Waals surface area contributed by atoms with Gasteiger partial charge in [-0.1, -0.05) is 13.0 Å². The van der Waals surface area contributed by atoms with Gasteiger partial charge in [-0.15, -0.1) is 0 Å². The summed E-state index contributed by atoms with van der Waals surface area (Å²) in [6, 6.07) is 6.52. The van der Waals surface area contributed by atoms with Gasteiger partial charge in [0.05, 0.1) is 11.6 Å². The van der Waals surface area contributed by atoms with Crippen molar-refractivity contribution in [1.29, 1.82) is 0 Å². The summed E-state index contributed by atoms with van der Waals surface area (Å²) in [4.78, 5) is 0. The second-order valence-corrected chi connectivity index (χ2v) is 8.48. The molecular weight excluding hydrogens is 356 g/mol. The molecule has 3 atom stereocenters. The largest absolute Gasteiger partial charge is 0.496 e. The number of hydrogen-bond acceptors (Lipinski definition) is 5. The molecule has 20 heavy (non-hydrogen) atoms. The summed E-state index contributed by atoms with van der Waals surface area (Å²) in [5.41, 5.74) is 4.29. The van der Waals surface area contributed by atoms with Gasteiger partial charge < -0.3 is 4.74 Å². The monoisotopic (exact) mass is 376 g/mol. The molecule has 1 saturated heterocycles. The first-order chi connectivity index (χ1) is 9.65. The van der Waals surface area contributed by atoms with Gasteiger partial charge in [-0.3, -0.25) is 11.3 Å². The summed E-state index contributed by atoms with van der Waals surface area (Å²) in [6.07, 6.45) is 0.932. The molecule has 0 aromatic heterocycles. The molecule has 0 saturated carbocycles. The van der Waals surface area contributed by atoms with Crippen LogP contribution in [-0.2, 0) is 6.42 Å². The van der Waals surface area contributed by atoms with Crippen LogP contribution in [0.1, 0.15) is 12.5 Å². The second-order valence-electron chi connectivity index (χ2n) is 4.86. The Kier molecular flexibility index (Phi) is 6.55. The molecule has 0 radical (unpaired) electrons. The van der Waals surface area contributed by atoms with Crippen molar-refractivity contribution >= 4 is 39.5 Å². The van der Waals surface area contributed by atoms with Gasteiger partial charge in [0.1, 0.15) is 5.75 Å². The molecule has 1 fully saturated rings. The Balaban J connectivity index is 2.07.